The van der Waals surface area contributed by atoms with Crippen LogP contribution in [0, 0.1) is 0 Å². The number of benzene rings is 1. The van der Waals surface area contributed by atoms with E-state index in [1.54, 1.807) is 30.5 Å². The zero-order valence-electron chi connectivity index (χ0n) is 11.2. The molecule has 0 aliphatic carbocycles. The molecule has 0 spiro atoms. The molecule has 22 heavy (non-hydrogen) atoms. The third-order valence-electron chi connectivity index (χ3n) is 2.91. The molecule has 6 nitrogen and oxygen atoms in total. The third kappa shape index (κ3) is 2.94. The van der Waals surface area contributed by atoms with Crippen LogP contribution in [-0.2, 0) is 4.79 Å². The van der Waals surface area contributed by atoms with Gasteiger partial charge in [0, 0.05) is 17.5 Å². The second-order valence-corrected chi connectivity index (χ2v) is 5.44. The first kappa shape index (κ1) is 14.2. The number of H-pyrrole nitrogens is 1. The predicted octanol–water partition coefficient (Wildman–Crippen LogP) is 1.27. The van der Waals surface area contributed by atoms with Gasteiger partial charge < -0.3 is 20.2 Å². The minimum absolute atomic E-state index is 0.0216. The summed E-state index contributed by atoms with van der Waals surface area (Å²) in [6, 6.07) is 9.88. The number of aliphatic imine (C=N–C) groups is 1. The van der Waals surface area contributed by atoms with Crippen molar-refractivity contribution in [3.63, 3.8) is 0 Å². The van der Waals surface area contributed by atoms with Crippen molar-refractivity contribution in [2.45, 2.75) is 0 Å². The molecule has 0 atom stereocenters. The van der Waals surface area contributed by atoms with Gasteiger partial charge in [-0.25, -0.2) is 4.99 Å². The lowest BCUT2D eigenvalue weighted by molar-refractivity contribution is -0.254. The Bertz CT molecular complexity index is 794. The smallest absolute Gasteiger partial charge is 0.264 e. The van der Waals surface area contributed by atoms with Crippen LogP contribution in [0.1, 0.15) is 16.1 Å². The summed E-state index contributed by atoms with van der Waals surface area (Å²) in [5, 5.41) is 14.0. The first-order valence-electron chi connectivity index (χ1n) is 6.37. The number of aromatic nitrogens is 1. The molecule has 7 heteroatoms. The van der Waals surface area contributed by atoms with E-state index < -0.39 is 5.97 Å². The summed E-state index contributed by atoms with van der Waals surface area (Å²) in [6.07, 6.45) is 3.46. The topological polar surface area (TPSA) is 97.4 Å². The van der Waals surface area contributed by atoms with Gasteiger partial charge in [-0.05, 0) is 36.0 Å². The number of para-hydroxylation sites is 1. The summed E-state index contributed by atoms with van der Waals surface area (Å²) in [6.45, 7) is 0. The first-order chi connectivity index (χ1) is 10.6. The number of amidine groups is 1. The van der Waals surface area contributed by atoms with E-state index in [1.807, 2.05) is 12.1 Å². The highest BCUT2D eigenvalue weighted by atomic mass is 32.2. The maximum absolute atomic E-state index is 11.9. The van der Waals surface area contributed by atoms with Crippen LogP contribution in [0.25, 0.3) is 6.08 Å². The first-order valence-corrected chi connectivity index (χ1v) is 7.18. The SMILES string of the molecule is O=C1NC(=Nc2ccccc2C(=O)[O-])SC1=Cc1ccc[nH]1. The van der Waals surface area contributed by atoms with E-state index in [9.17, 15) is 14.7 Å². The molecule has 2 aromatic rings. The second-order valence-electron chi connectivity index (χ2n) is 4.41. The highest BCUT2D eigenvalue weighted by molar-refractivity contribution is 8.18. The van der Waals surface area contributed by atoms with Crippen LogP contribution in [-0.4, -0.2) is 22.0 Å². The second kappa shape index (κ2) is 5.90. The van der Waals surface area contributed by atoms with Crippen molar-refractivity contribution in [2.75, 3.05) is 0 Å². The molecule has 1 amide bonds. The van der Waals surface area contributed by atoms with Gasteiger partial charge in [0.1, 0.15) is 0 Å². The lowest BCUT2D eigenvalue weighted by atomic mass is 10.2. The van der Waals surface area contributed by atoms with Crippen LogP contribution >= 0.6 is 11.8 Å². The zero-order chi connectivity index (χ0) is 15.5. The number of amides is 1. The van der Waals surface area contributed by atoms with Crippen LogP contribution < -0.4 is 10.4 Å². The lowest BCUT2D eigenvalue weighted by Gasteiger charge is -2.06. The van der Waals surface area contributed by atoms with E-state index >= 15 is 0 Å². The van der Waals surface area contributed by atoms with Crippen molar-refractivity contribution in [1.82, 2.24) is 10.3 Å². The molecule has 1 aliphatic heterocycles. The Morgan fingerprint density at radius 2 is 2.05 bits per heavy atom. The molecule has 0 bridgehead atoms. The van der Waals surface area contributed by atoms with Crippen molar-refractivity contribution in [1.29, 1.82) is 0 Å². The molecular formula is C15H10N3O3S-. The van der Waals surface area contributed by atoms with Gasteiger partial charge in [-0.2, -0.15) is 0 Å². The van der Waals surface area contributed by atoms with E-state index in [4.69, 9.17) is 0 Å². The van der Waals surface area contributed by atoms with E-state index in [0.717, 1.165) is 17.5 Å². The number of carboxylic acid groups (broad SMARTS) is 1. The van der Waals surface area contributed by atoms with Crippen LogP contribution in [0.5, 0.6) is 0 Å². The maximum Gasteiger partial charge on any atom is 0.264 e. The number of aromatic carboxylic acids is 1. The van der Waals surface area contributed by atoms with Gasteiger partial charge in [0.25, 0.3) is 5.91 Å². The number of hydrogen-bond acceptors (Lipinski definition) is 5. The highest BCUT2D eigenvalue weighted by Gasteiger charge is 2.24. The fourth-order valence-corrected chi connectivity index (χ4v) is 2.73. The number of thioether (sulfide) groups is 1. The Kier molecular flexibility index (Phi) is 3.80. The average molecular weight is 312 g/mol. The van der Waals surface area contributed by atoms with E-state index in [2.05, 4.69) is 15.3 Å². The Morgan fingerprint density at radius 1 is 1.23 bits per heavy atom. The van der Waals surface area contributed by atoms with Gasteiger partial charge in [0.15, 0.2) is 5.17 Å². The minimum atomic E-state index is -1.31. The number of aromatic amines is 1. The summed E-state index contributed by atoms with van der Waals surface area (Å²) in [5.41, 5.74) is 1.02. The van der Waals surface area contributed by atoms with Crippen LogP contribution in [0.4, 0.5) is 5.69 Å². The normalized spacial score (nSPS) is 17.9. The Labute approximate surface area is 130 Å². The van der Waals surface area contributed by atoms with Gasteiger partial charge in [-0.15, -0.1) is 0 Å². The predicted molar refractivity (Wildman–Crippen MR) is 82.4 cm³/mol. The number of rotatable bonds is 3. The molecule has 1 aliphatic rings. The van der Waals surface area contributed by atoms with Gasteiger partial charge in [-0.3, -0.25) is 4.79 Å². The molecule has 1 aromatic heterocycles. The van der Waals surface area contributed by atoms with E-state index in [0.29, 0.717) is 10.1 Å². The molecule has 0 radical (unpaired) electrons. The Hall–Kier alpha value is -2.80. The quantitative estimate of drug-likeness (QED) is 0.834. The summed E-state index contributed by atoms with van der Waals surface area (Å²) in [5.74, 6) is -1.58. The fourth-order valence-electron chi connectivity index (χ4n) is 1.91. The standard InChI is InChI=1S/C15H11N3O3S/c19-13-12(8-9-4-3-7-16-9)22-15(18-13)17-11-6-2-1-5-10(11)14(20)21/h1-8,16H,(H,20,21)(H,17,18,19)/p-1. The fraction of sp³-hybridized carbons (Fsp3) is 0. The average Bonchev–Trinajstić information content (AvgIpc) is 3.10. The van der Waals surface area contributed by atoms with Gasteiger partial charge in [0.2, 0.25) is 0 Å². The third-order valence-corrected chi connectivity index (χ3v) is 3.82. The molecule has 0 saturated carbocycles. The number of nitrogens with zero attached hydrogens (tertiary/aromatic N) is 1. The number of carboxylic acids is 1. The maximum atomic E-state index is 11.9. The molecule has 1 fully saturated rings. The molecule has 2 heterocycles. The minimum Gasteiger partial charge on any atom is -0.545 e. The van der Waals surface area contributed by atoms with Crippen LogP contribution in [0.3, 0.4) is 0 Å². The zero-order valence-corrected chi connectivity index (χ0v) is 12.0. The molecule has 1 saturated heterocycles. The van der Waals surface area contributed by atoms with Crippen LogP contribution in [0.15, 0.2) is 52.5 Å². The summed E-state index contributed by atoms with van der Waals surface area (Å²) >= 11 is 1.15. The van der Waals surface area contributed by atoms with E-state index in [1.165, 1.54) is 6.07 Å². The Balaban J connectivity index is 1.89. The van der Waals surface area contributed by atoms with Crippen molar-refractivity contribution in [2.24, 2.45) is 4.99 Å². The molecule has 0 unspecified atom stereocenters. The molecule has 110 valence electrons. The van der Waals surface area contributed by atoms with Crippen molar-refractivity contribution >= 4 is 40.6 Å². The molecule has 2 N–H and O–H groups in total. The number of carbonyl (C=O) groups excluding carboxylic acids is 2. The summed E-state index contributed by atoms with van der Waals surface area (Å²) < 4.78 is 0. The molecular weight excluding hydrogens is 302 g/mol. The molecule has 3 rings (SSSR count). The number of carbonyl (C=O) groups is 2. The highest BCUT2D eigenvalue weighted by Crippen LogP contribution is 2.28. The van der Waals surface area contributed by atoms with Gasteiger partial charge in [-0.1, -0.05) is 18.2 Å². The van der Waals surface area contributed by atoms with Crippen molar-refractivity contribution < 1.29 is 14.7 Å². The summed E-state index contributed by atoms with van der Waals surface area (Å²) in [7, 11) is 0. The number of hydrogen-bond donors (Lipinski definition) is 2. The lowest BCUT2D eigenvalue weighted by Crippen LogP contribution is -2.23. The Morgan fingerprint density at radius 3 is 2.77 bits per heavy atom. The van der Waals surface area contributed by atoms with E-state index in [-0.39, 0.29) is 17.2 Å². The summed E-state index contributed by atoms with van der Waals surface area (Å²) in [4.78, 5) is 30.6. The number of nitrogens with one attached hydrogen (secondary N) is 2. The van der Waals surface area contributed by atoms with Crippen molar-refractivity contribution in [3.8, 4) is 0 Å². The van der Waals surface area contributed by atoms with Crippen molar-refractivity contribution in [3.05, 3.63) is 58.8 Å². The van der Waals surface area contributed by atoms with Crippen LogP contribution in [0.2, 0.25) is 0 Å². The van der Waals surface area contributed by atoms with Gasteiger partial charge >= 0.3 is 0 Å². The van der Waals surface area contributed by atoms with Gasteiger partial charge in [0.05, 0.1) is 16.6 Å². The largest absolute Gasteiger partial charge is 0.545 e. The monoisotopic (exact) mass is 312 g/mol. The molecule has 1 aromatic carbocycles.